The van der Waals surface area contributed by atoms with Crippen LogP contribution in [0.4, 0.5) is 11.5 Å². The van der Waals surface area contributed by atoms with Crippen LogP contribution < -0.4 is 5.32 Å². The largest absolute Gasteiger partial charge is 0.478 e. The molecule has 0 aliphatic heterocycles. The normalized spacial score (nSPS) is 10.2. The number of rotatable bonds is 3. The second-order valence-electron chi connectivity index (χ2n) is 3.69. The van der Waals surface area contributed by atoms with Crippen molar-refractivity contribution in [3.8, 4) is 0 Å². The highest BCUT2D eigenvalue weighted by atomic mass is 16.4. The standard InChI is InChI=1S/C11H12N4O2/c1-7-6-15(2)14-10(7)13-9-5-12-4-3-8(9)11(16)17/h3-6H,1-2H3,(H,13,14)(H,16,17). The number of nitrogens with zero attached hydrogens (tertiary/aromatic N) is 3. The summed E-state index contributed by atoms with van der Waals surface area (Å²) < 4.78 is 1.66. The molecule has 0 aliphatic carbocycles. The maximum Gasteiger partial charge on any atom is 0.337 e. The van der Waals surface area contributed by atoms with Crippen molar-refractivity contribution in [2.24, 2.45) is 7.05 Å². The molecule has 0 bridgehead atoms. The van der Waals surface area contributed by atoms with Gasteiger partial charge in [-0.05, 0) is 13.0 Å². The number of aromatic nitrogens is 3. The lowest BCUT2D eigenvalue weighted by atomic mass is 10.2. The number of carbonyl (C=O) groups is 1. The Morgan fingerprint density at radius 2 is 2.29 bits per heavy atom. The third-order valence-corrected chi connectivity index (χ3v) is 2.32. The lowest BCUT2D eigenvalue weighted by Gasteiger charge is -2.06. The van der Waals surface area contributed by atoms with Crippen molar-refractivity contribution in [2.75, 3.05) is 5.32 Å². The van der Waals surface area contributed by atoms with E-state index in [1.54, 1.807) is 11.7 Å². The van der Waals surface area contributed by atoms with Crippen LogP contribution in [0.5, 0.6) is 0 Å². The van der Waals surface area contributed by atoms with Crippen molar-refractivity contribution in [1.29, 1.82) is 0 Å². The summed E-state index contributed by atoms with van der Waals surface area (Å²) in [6, 6.07) is 1.45. The molecule has 2 aromatic heterocycles. The molecule has 0 unspecified atom stereocenters. The second kappa shape index (κ2) is 4.25. The van der Waals surface area contributed by atoms with Gasteiger partial charge in [0, 0.05) is 25.0 Å². The molecule has 0 fully saturated rings. The monoisotopic (exact) mass is 232 g/mol. The summed E-state index contributed by atoms with van der Waals surface area (Å²) in [4.78, 5) is 14.9. The molecule has 0 spiro atoms. The van der Waals surface area contributed by atoms with Gasteiger partial charge in [-0.2, -0.15) is 5.10 Å². The van der Waals surface area contributed by atoms with E-state index < -0.39 is 5.97 Å². The number of nitrogens with one attached hydrogen (secondary N) is 1. The zero-order chi connectivity index (χ0) is 12.4. The highest BCUT2D eigenvalue weighted by molar-refractivity contribution is 5.94. The van der Waals surface area contributed by atoms with Gasteiger partial charge in [0.15, 0.2) is 5.82 Å². The summed E-state index contributed by atoms with van der Waals surface area (Å²) in [7, 11) is 1.81. The van der Waals surface area contributed by atoms with Crippen LogP contribution in [-0.4, -0.2) is 25.8 Å². The average molecular weight is 232 g/mol. The van der Waals surface area contributed by atoms with Crippen LogP contribution in [0.1, 0.15) is 15.9 Å². The summed E-state index contributed by atoms with van der Waals surface area (Å²) in [5.74, 6) is -0.369. The van der Waals surface area contributed by atoms with E-state index in [1.807, 2.05) is 13.1 Å². The number of aromatic carboxylic acids is 1. The van der Waals surface area contributed by atoms with Crippen LogP contribution in [0.25, 0.3) is 0 Å². The molecular formula is C11H12N4O2. The Morgan fingerprint density at radius 1 is 1.53 bits per heavy atom. The van der Waals surface area contributed by atoms with E-state index in [0.29, 0.717) is 11.5 Å². The predicted octanol–water partition coefficient (Wildman–Crippen LogP) is 1.57. The molecule has 0 aromatic carbocycles. The number of aryl methyl sites for hydroxylation is 2. The summed E-state index contributed by atoms with van der Waals surface area (Å²) in [6.45, 7) is 1.89. The van der Waals surface area contributed by atoms with Gasteiger partial charge < -0.3 is 10.4 Å². The molecule has 0 amide bonds. The minimum absolute atomic E-state index is 0.171. The first-order valence-corrected chi connectivity index (χ1v) is 5.02. The van der Waals surface area contributed by atoms with Gasteiger partial charge in [-0.25, -0.2) is 4.79 Å². The highest BCUT2D eigenvalue weighted by Crippen LogP contribution is 2.20. The average Bonchev–Trinajstić information content (AvgIpc) is 2.58. The number of pyridine rings is 1. The molecule has 0 radical (unpaired) electrons. The van der Waals surface area contributed by atoms with Crippen molar-refractivity contribution in [1.82, 2.24) is 14.8 Å². The van der Waals surface area contributed by atoms with E-state index >= 15 is 0 Å². The SMILES string of the molecule is Cc1cn(C)nc1Nc1cnccc1C(=O)O. The number of carboxylic acids is 1. The zero-order valence-corrected chi connectivity index (χ0v) is 9.51. The molecule has 0 saturated heterocycles. The summed E-state index contributed by atoms with van der Waals surface area (Å²) in [5, 5.41) is 16.2. The molecule has 0 saturated carbocycles. The smallest absolute Gasteiger partial charge is 0.337 e. The molecule has 6 nitrogen and oxygen atoms in total. The van der Waals surface area contributed by atoms with Gasteiger partial charge in [0.25, 0.3) is 0 Å². The topological polar surface area (TPSA) is 80.0 Å². The number of hydrogen-bond acceptors (Lipinski definition) is 4. The quantitative estimate of drug-likeness (QED) is 0.839. The molecule has 2 aromatic rings. The summed E-state index contributed by atoms with van der Waals surface area (Å²) in [5.41, 5.74) is 1.54. The first-order valence-electron chi connectivity index (χ1n) is 5.02. The summed E-state index contributed by atoms with van der Waals surface area (Å²) in [6.07, 6.45) is 4.76. The first kappa shape index (κ1) is 11.1. The van der Waals surface area contributed by atoms with E-state index in [-0.39, 0.29) is 5.56 Å². The van der Waals surface area contributed by atoms with Crippen LogP contribution in [0.2, 0.25) is 0 Å². The van der Waals surface area contributed by atoms with Gasteiger partial charge >= 0.3 is 5.97 Å². The molecule has 2 rings (SSSR count). The third-order valence-electron chi connectivity index (χ3n) is 2.32. The van der Waals surface area contributed by atoms with Crippen LogP contribution >= 0.6 is 0 Å². The fraction of sp³-hybridized carbons (Fsp3) is 0.182. The van der Waals surface area contributed by atoms with Crippen molar-refractivity contribution < 1.29 is 9.90 Å². The Balaban J connectivity index is 2.36. The Bertz CT molecular complexity index is 562. The van der Waals surface area contributed by atoms with Crippen molar-refractivity contribution >= 4 is 17.5 Å². The number of hydrogen-bond donors (Lipinski definition) is 2. The van der Waals surface area contributed by atoms with Crippen LogP contribution in [0.3, 0.4) is 0 Å². The van der Waals surface area contributed by atoms with Crippen molar-refractivity contribution in [3.05, 3.63) is 35.8 Å². The van der Waals surface area contributed by atoms with Gasteiger partial charge in [0.1, 0.15) is 0 Å². The summed E-state index contributed by atoms with van der Waals surface area (Å²) >= 11 is 0. The van der Waals surface area contributed by atoms with Gasteiger partial charge in [0.2, 0.25) is 0 Å². The van der Waals surface area contributed by atoms with Gasteiger partial charge in [-0.3, -0.25) is 9.67 Å². The fourth-order valence-corrected chi connectivity index (χ4v) is 1.54. The van der Waals surface area contributed by atoms with E-state index in [1.165, 1.54) is 18.5 Å². The molecule has 88 valence electrons. The maximum atomic E-state index is 11.0. The van der Waals surface area contributed by atoms with E-state index in [2.05, 4.69) is 15.4 Å². The van der Waals surface area contributed by atoms with E-state index in [4.69, 9.17) is 5.11 Å². The molecule has 2 N–H and O–H groups in total. The zero-order valence-electron chi connectivity index (χ0n) is 9.51. The number of anilines is 2. The van der Waals surface area contributed by atoms with Crippen LogP contribution in [-0.2, 0) is 7.05 Å². The maximum absolute atomic E-state index is 11.0. The van der Waals surface area contributed by atoms with E-state index in [0.717, 1.165) is 5.56 Å². The fourth-order valence-electron chi connectivity index (χ4n) is 1.54. The Morgan fingerprint density at radius 3 is 2.88 bits per heavy atom. The Hall–Kier alpha value is -2.37. The molecule has 0 aliphatic rings. The van der Waals surface area contributed by atoms with E-state index in [9.17, 15) is 4.79 Å². The predicted molar refractivity (Wildman–Crippen MR) is 62.4 cm³/mol. The highest BCUT2D eigenvalue weighted by Gasteiger charge is 2.11. The molecule has 0 atom stereocenters. The van der Waals surface area contributed by atoms with Crippen LogP contribution in [0, 0.1) is 6.92 Å². The Labute approximate surface area is 97.9 Å². The first-order chi connectivity index (χ1) is 8.08. The van der Waals surface area contributed by atoms with Gasteiger partial charge in [0.05, 0.1) is 17.4 Å². The van der Waals surface area contributed by atoms with Gasteiger partial charge in [-0.15, -0.1) is 0 Å². The lowest BCUT2D eigenvalue weighted by Crippen LogP contribution is -2.04. The molecule has 17 heavy (non-hydrogen) atoms. The van der Waals surface area contributed by atoms with Crippen molar-refractivity contribution in [3.63, 3.8) is 0 Å². The van der Waals surface area contributed by atoms with Crippen molar-refractivity contribution in [2.45, 2.75) is 6.92 Å². The Kier molecular flexibility index (Phi) is 2.78. The second-order valence-corrected chi connectivity index (χ2v) is 3.69. The van der Waals surface area contributed by atoms with Crippen LogP contribution in [0.15, 0.2) is 24.7 Å². The van der Waals surface area contributed by atoms with Gasteiger partial charge in [-0.1, -0.05) is 0 Å². The minimum Gasteiger partial charge on any atom is -0.478 e. The minimum atomic E-state index is -0.997. The molecule has 2 heterocycles. The molecular weight excluding hydrogens is 220 g/mol. The lowest BCUT2D eigenvalue weighted by molar-refractivity contribution is 0.0698. The third kappa shape index (κ3) is 2.25. The molecule has 6 heteroatoms. The number of carboxylic acid groups (broad SMARTS) is 1.